The van der Waals surface area contributed by atoms with Crippen LogP contribution in [-0.4, -0.2) is 22.8 Å². The molecule has 1 aromatic carbocycles. The molecule has 0 fully saturated rings. The molecular weight excluding hydrogens is 272 g/mol. The van der Waals surface area contributed by atoms with Crippen molar-refractivity contribution >= 4 is 11.8 Å². The molecule has 2 aromatic rings. The fourth-order valence-electron chi connectivity index (χ4n) is 2.79. The van der Waals surface area contributed by atoms with Crippen LogP contribution in [0.5, 0.6) is 0 Å². The fourth-order valence-corrected chi connectivity index (χ4v) is 2.79. The Hall–Kier alpha value is -2.63. The third-order valence-electron chi connectivity index (χ3n) is 3.87. The Morgan fingerprint density at radius 3 is 2.81 bits per heavy atom. The van der Waals surface area contributed by atoms with Crippen LogP contribution in [0.3, 0.4) is 0 Å². The normalized spacial score (nSPS) is 16.5. The molecule has 1 aliphatic rings. The molecule has 0 radical (unpaired) electrons. The SMILES string of the molecule is CN(C(=O)c1ccc([N+](=O)[O-])o1)C1CCc2ccccc21. The Balaban J connectivity index is 1.83. The van der Waals surface area contributed by atoms with Gasteiger partial charge in [-0.25, -0.2) is 0 Å². The van der Waals surface area contributed by atoms with E-state index in [9.17, 15) is 14.9 Å². The molecule has 0 spiro atoms. The lowest BCUT2D eigenvalue weighted by atomic mass is 10.1. The Morgan fingerprint density at radius 1 is 1.33 bits per heavy atom. The summed E-state index contributed by atoms with van der Waals surface area (Å²) in [5.41, 5.74) is 2.38. The van der Waals surface area contributed by atoms with E-state index in [1.165, 1.54) is 17.7 Å². The molecule has 1 aliphatic carbocycles. The number of carbonyl (C=O) groups excluding carboxylic acids is 1. The van der Waals surface area contributed by atoms with Crippen molar-refractivity contribution in [1.29, 1.82) is 0 Å². The summed E-state index contributed by atoms with van der Waals surface area (Å²) in [4.78, 5) is 23.9. The standard InChI is InChI=1S/C15H14N2O4/c1-16(12-7-6-10-4-2-3-5-11(10)12)15(18)13-8-9-14(21-13)17(19)20/h2-5,8-9,12H,6-7H2,1H3. The fraction of sp³-hybridized carbons (Fsp3) is 0.267. The van der Waals surface area contributed by atoms with Crippen molar-refractivity contribution < 1.29 is 14.1 Å². The van der Waals surface area contributed by atoms with Gasteiger partial charge in [-0.3, -0.25) is 14.9 Å². The van der Waals surface area contributed by atoms with E-state index < -0.39 is 10.8 Å². The van der Waals surface area contributed by atoms with Crippen LogP contribution in [0.4, 0.5) is 5.88 Å². The van der Waals surface area contributed by atoms with E-state index in [-0.39, 0.29) is 17.7 Å². The minimum atomic E-state index is -0.651. The average molecular weight is 286 g/mol. The molecule has 1 atom stereocenters. The zero-order chi connectivity index (χ0) is 15.0. The number of hydrogen-bond donors (Lipinski definition) is 0. The molecule has 108 valence electrons. The average Bonchev–Trinajstić information content (AvgIpc) is 3.12. The first-order valence-corrected chi connectivity index (χ1v) is 6.67. The van der Waals surface area contributed by atoms with Gasteiger partial charge in [0, 0.05) is 7.05 Å². The minimum Gasteiger partial charge on any atom is -0.395 e. The molecule has 6 nitrogen and oxygen atoms in total. The van der Waals surface area contributed by atoms with Crippen LogP contribution in [0, 0.1) is 10.1 Å². The van der Waals surface area contributed by atoms with Gasteiger partial charge in [-0.1, -0.05) is 24.3 Å². The first-order chi connectivity index (χ1) is 10.1. The van der Waals surface area contributed by atoms with Crippen molar-refractivity contribution in [3.8, 4) is 0 Å². The van der Waals surface area contributed by atoms with E-state index >= 15 is 0 Å². The van der Waals surface area contributed by atoms with Gasteiger partial charge in [0.25, 0.3) is 5.91 Å². The van der Waals surface area contributed by atoms with Crippen LogP contribution in [0.25, 0.3) is 0 Å². The predicted octanol–water partition coefficient (Wildman–Crippen LogP) is 2.95. The maximum Gasteiger partial charge on any atom is 0.433 e. The number of hydrogen-bond acceptors (Lipinski definition) is 4. The van der Waals surface area contributed by atoms with Crippen molar-refractivity contribution in [1.82, 2.24) is 4.90 Å². The van der Waals surface area contributed by atoms with Crippen molar-refractivity contribution in [2.24, 2.45) is 0 Å². The molecule has 0 aliphatic heterocycles. The molecule has 0 saturated heterocycles. The summed E-state index contributed by atoms with van der Waals surface area (Å²) in [7, 11) is 1.70. The van der Waals surface area contributed by atoms with E-state index in [0.29, 0.717) is 0 Å². The summed E-state index contributed by atoms with van der Waals surface area (Å²) >= 11 is 0. The zero-order valence-corrected chi connectivity index (χ0v) is 11.5. The highest BCUT2D eigenvalue weighted by atomic mass is 16.6. The molecule has 1 amide bonds. The first kappa shape index (κ1) is 13.4. The quantitative estimate of drug-likeness (QED) is 0.642. The number of aryl methyl sites for hydroxylation is 1. The summed E-state index contributed by atoms with van der Waals surface area (Å²) < 4.78 is 4.99. The maximum absolute atomic E-state index is 12.4. The number of carbonyl (C=O) groups is 1. The highest BCUT2D eigenvalue weighted by Crippen LogP contribution is 2.35. The van der Waals surface area contributed by atoms with E-state index in [1.807, 2.05) is 18.2 Å². The van der Waals surface area contributed by atoms with Gasteiger partial charge in [0.05, 0.1) is 12.1 Å². The number of nitrogens with zero attached hydrogens (tertiary/aromatic N) is 2. The number of amides is 1. The molecule has 3 rings (SSSR count). The molecule has 1 unspecified atom stereocenters. The summed E-state index contributed by atoms with van der Waals surface area (Å²) in [6.45, 7) is 0. The molecule has 0 saturated carbocycles. The smallest absolute Gasteiger partial charge is 0.395 e. The number of furan rings is 1. The van der Waals surface area contributed by atoms with Crippen LogP contribution < -0.4 is 0 Å². The Bertz CT molecular complexity index is 707. The van der Waals surface area contributed by atoms with Crippen molar-refractivity contribution in [3.05, 3.63) is 63.4 Å². The van der Waals surface area contributed by atoms with Crippen LogP contribution in [0.1, 0.15) is 34.1 Å². The lowest BCUT2D eigenvalue weighted by molar-refractivity contribution is -0.402. The Kier molecular flexibility index (Phi) is 3.21. The second kappa shape index (κ2) is 5.05. The van der Waals surface area contributed by atoms with Gasteiger partial charge in [0.15, 0.2) is 5.76 Å². The number of benzene rings is 1. The van der Waals surface area contributed by atoms with E-state index in [4.69, 9.17) is 4.42 Å². The van der Waals surface area contributed by atoms with E-state index in [1.54, 1.807) is 11.9 Å². The third kappa shape index (κ3) is 2.29. The van der Waals surface area contributed by atoms with Crippen LogP contribution in [0.15, 0.2) is 40.8 Å². The van der Waals surface area contributed by atoms with Crippen molar-refractivity contribution in [2.45, 2.75) is 18.9 Å². The Morgan fingerprint density at radius 2 is 2.10 bits per heavy atom. The molecule has 21 heavy (non-hydrogen) atoms. The predicted molar refractivity (Wildman–Crippen MR) is 75.0 cm³/mol. The van der Waals surface area contributed by atoms with Crippen LogP contribution >= 0.6 is 0 Å². The summed E-state index contributed by atoms with van der Waals surface area (Å²) in [5, 5.41) is 10.6. The summed E-state index contributed by atoms with van der Waals surface area (Å²) in [5.74, 6) is -0.767. The van der Waals surface area contributed by atoms with Crippen molar-refractivity contribution in [2.75, 3.05) is 7.05 Å². The van der Waals surface area contributed by atoms with Crippen molar-refractivity contribution in [3.63, 3.8) is 0 Å². The Labute approximate surface area is 121 Å². The number of rotatable bonds is 3. The van der Waals surface area contributed by atoms with Gasteiger partial charge < -0.3 is 9.32 Å². The van der Waals surface area contributed by atoms with Crippen LogP contribution in [-0.2, 0) is 6.42 Å². The third-order valence-corrected chi connectivity index (χ3v) is 3.87. The number of nitro groups is 1. The maximum atomic E-state index is 12.4. The van der Waals surface area contributed by atoms with Gasteiger partial charge in [-0.2, -0.15) is 0 Å². The lowest BCUT2D eigenvalue weighted by Gasteiger charge is -2.24. The lowest BCUT2D eigenvalue weighted by Crippen LogP contribution is -2.29. The second-order valence-corrected chi connectivity index (χ2v) is 5.06. The topological polar surface area (TPSA) is 76.6 Å². The first-order valence-electron chi connectivity index (χ1n) is 6.67. The van der Waals surface area contributed by atoms with Gasteiger partial charge in [-0.15, -0.1) is 0 Å². The number of fused-ring (bicyclic) bond motifs is 1. The molecule has 0 N–H and O–H groups in total. The highest BCUT2D eigenvalue weighted by Gasteiger charge is 2.30. The molecule has 1 heterocycles. The van der Waals surface area contributed by atoms with Gasteiger partial charge >= 0.3 is 5.88 Å². The largest absolute Gasteiger partial charge is 0.433 e. The van der Waals surface area contributed by atoms with E-state index in [0.717, 1.165) is 18.4 Å². The molecular formula is C15H14N2O4. The highest BCUT2D eigenvalue weighted by molar-refractivity contribution is 5.92. The molecule has 0 bridgehead atoms. The second-order valence-electron chi connectivity index (χ2n) is 5.06. The van der Waals surface area contributed by atoms with Gasteiger partial charge in [0.1, 0.15) is 4.92 Å². The van der Waals surface area contributed by atoms with Gasteiger partial charge in [0.2, 0.25) is 0 Å². The monoisotopic (exact) mass is 286 g/mol. The molecule has 6 heteroatoms. The molecule has 1 aromatic heterocycles. The minimum absolute atomic E-state index is 0.00594. The summed E-state index contributed by atoms with van der Waals surface area (Å²) in [6, 6.07) is 10.5. The van der Waals surface area contributed by atoms with Gasteiger partial charge in [-0.05, 0) is 30.0 Å². The van der Waals surface area contributed by atoms with E-state index in [2.05, 4.69) is 6.07 Å². The zero-order valence-electron chi connectivity index (χ0n) is 11.5. The summed E-state index contributed by atoms with van der Waals surface area (Å²) in [6.07, 6.45) is 1.78. The van der Waals surface area contributed by atoms with Crippen LogP contribution in [0.2, 0.25) is 0 Å².